The predicted octanol–water partition coefficient (Wildman–Crippen LogP) is 2.53. The zero-order valence-electron chi connectivity index (χ0n) is 11.7. The van der Waals surface area contributed by atoms with Crippen molar-refractivity contribution in [2.75, 3.05) is 36.9 Å². The van der Waals surface area contributed by atoms with Gasteiger partial charge in [-0.3, -0.25) is 4.98 Å². The molecule has 0 aliphatic heterocycles. The first-order chi connectivity index (χ1) is 9.38. The molecule has 0 bridgehead atoms. The fourth-order valence-electron chi connectivity index (χ4n) is 1.71. The second kappa shape index (κ2) is 7.94. The number of anilines is 2. The van der Waals surface area contributed by atoms with Crippen molar-refractivity contribution in [1.82, 2.24) is 9.97 Å². The van der Waals surface area contributed by atoms with Crippen molar-refractivity contribution in [3.8, 4) is 0 Å². The van der Waals surface area contributed by atoms with E-state index in [1.807, 2.05) is 0 Å². The van der Waals surface area contributed by atoms with E-state index in [1.54, 1.807) is 12.4 Å². The summed E-state index contributed by atoms with van der Waals surface area (Å²) < 4.78 is 5.58. The summed E-state index contributed by atoms with van der Waals surface area (Å²) in [5.74, 6) is 2.50. The van der Waals surface area contributed by atoms with Gasteiger partial charge in [-0.1, -0.05) is 6.92 Å². The number of aromatic nitrogens is 2. The molecule has 0 radical (unpaired) electrons. The summed E-state index contributed by atoms with van der Waals surface area (Å²) >= 11 is 0. The van der Waals surface area contributed by atoms with Crippen LogP contribution in [-0.2, 0) is 4.74 Å². The Morgan fingerprint density at radius 3 is 2.63 bits per heavy atom. The average molecular weight is 264 g/mol. The third-order valence-electron chi connectivity index (χ3n) is 3.01. The highest BCUT2D eigenvalue weighted by molar-refractivity contribution is 5.41. The van der Waals surface area contributed by atoms with Gasteiger partial charge in [0, 0.05) is 26.3 Å². The maximum atomic E-state index is 5.58. The van der Waals surface area contributed by atoms with Crippen LogP contribution in [0.4, 0.5) is 11.6 Å². The summed E-state index contributed by atoms with van der Waals surface area (Å²) in [6.45, 7) is 5.69. The molecule has 2 N–H and O–H groups in total. The molecule has 0 amide bonds. The van der Waals surface area contributed by atoms with E-state index in [4.69, 9.17) is 4.74 Å². The molecule has 19 heavy (non-hydrogen) atoms. The molecule has 1 aromatic heterocycles. The summed E-state index contributed by atoms with van der Waals surface area (Å²) in [4.78, 5) is 8.61. The normalized spacial score (nSPS) is 14.4. The third kappa shape index (κ3) is 5.87. The van der Waals surface area contributed by atoms with E-state index in [0.717, 1.165) is 56.7 Å². The van der Waals surface area contributed by atoms with Gasteiger partial charge in [-0.2, -0.15) is 0 Å². The van der Waals surface area contributed by atoms with Crippen molar-refractivity contribution >= 4 is 11.6 Å². The largest absolute Gasteiger partial charge is 0.381 e. The average Bonchev–Trinajstić information content (AvgIpc) is 3.25. The third-order valence-corrected chi connectivity index (χ3v) is 3.01. The molecular weight excluding hydrogens is 240 g/mol. The summed E-state index contributed by atoms with van der Waals surface area (Å²) in [5, 5.41) is 6.50. The molecule has 1 fully saturated rings. The topological polar surface area (TPSA) is 59.1 Å². The van der Waals surface area contributed by atoms with E-state index in [-0.39, 0.29) is 0 Å². The van der Waals surface area contributed by atoms with Gasteiger partial charge < -0.3 is 15.4 Å². The highest BCUT2D eigenvalue weighted by atomic mass is 16.5. The van der Waals surface area contributed by atoms with Gasteiger partial charge in [-0.15, -0.1) is 0 Å². The Morgan fingerprint density at radius 2 is 1.95 bits per heavy atom. The molecule has 1 aliphatic carbocycles. The van der Waals surface area contributed by atoms with E-state index >= 15 is 0 Å². The lowest BCUT2D eigenvalue weighted by Crippen LogP contribution is -2.09. The van der Waals surface area contributed by atoms with Crippen molar-refractivity contribution in [2.45, 2.75) is 32.6 Å². The number of ether oxygens (including phenoxy) is 1. The molecule has 0 aromatic carbocycles. The molecule has 0 saturated heterocycles. The molecule has 1 aliphatic rings. The molecule has 1 aromatic rings. The van der Waals surface area contributed by atoms with Gasteiger partial charge in [-0.05, 0) is 31.6 Å². The molecule has 2 rings (SSSR count). The second-order valence-electron chi connectivity index (χ2n) is 5.01. The van der Waals surface area contributed by atoms with Gasteiger partial charge in [0.05, 0.1) is 12.4 Å². The first kappa shape index (κ1) is 14.1. The summed E-state index contributed by atoms with van der Waals surface area (Å²) in [6, 6.07) is 0. The van der Waals surface area contributed by atoms with Crippen molar-refractivity contribution in [3.05, 3.63) is 12.4 Å². The number of nitrogens with zero attached hydrogens (tertiary/aromatic N) is 2. The lowest BCUT2D eigenvalue weighted by atomic mass is 10.4. The lowest BCUT2D eigenvalue weighted by molar-refractivity contribution is 0.124. The van der Waals surface area contributed by atoms with Gasteiger partial charge in [0.1, 0.15) is 11.6 Å². The Labute approximate surface area is 115 Å². The van der Waals surface area contributed by atoms with E-state index in [9.17, 15) is 0 Å². The zero-order chi connectivity index (χ0) is 13.3. The molecule has 5 heteroatoms. The van der Waals surface area contributed by atoms with Crippen LogP contribution in [0.15, 0.2) is 12.4 Å². The number of hydrogen-bond donors (Lipinski definition) is 2. The number of rotatable bonds is 10. The Balaban J connectivity index is 1.58. The molecule has 5 nitrogen and oxygen atoms in total. The Morgan fingerprint density at radius 1 is 1.21 bits per heavy atom. The Bertz CT molecular complexity index is 368. The lowest BCUT2D eigenvalue weighted by Gasteiger charge is -2.08. The van der Waals surface area contributed by atoms with Gasteiger partial charge in [0.2, 0.25) is 0 Å². The Hall–Kier alpha value is -1.36. The highest BCUT2D eigenvalue weighted by Crippen LogP contribution is 2.28. The van der Waals surface area contributed by atoms with Crippen LogP contribution in [0.5, 0.6) is 0 Å². The van der Waals surface area contributed by atoms with Crippen molar-refractivity contribution in [1.29, 1.82) is 0 Å². The summed E-state index contributed by atoms with van der Waals surface area (Å²) in [5.41, 5.74) is 0. The first-order valence-corrected chi connectivity index (χ1v) is 7.26. The fraction of sp³-hybridized carbons (Fsp3) is 0.714. The quantitative estimate of drug-likeness (QED) is 0.636. The molecule has 0 spiro atoms. The minimum absolute atomic E-state index is 0.822. The van der Waals surface area contributed by atoms with Crippen LogP contribution in [0.3, 0.4) is 0 Å². The number of hydrogen-bond acceptors (Lipinski definition) is 5. The molecule has 1 saturated carbocycles. The van der Waals surface area contributed by atoms with E-state index in [0.29, 0.717) is 0 Å². The SMILES string of the molecule is CCCNc1cncc(NCCCOCC2CC2)n1. The predicted molar refractivity (Wildman–Crippen MR) is 77.5 cm³/mol. The first-order valence-electron chi connectivity index (χ1n) is 7.26. The molecule has 0 atom stereocenters. The van der Waals surface area contributed by atoms with Crippen LogP contribution in [0.1, 0.15) is 32.6 Å². The molecule has 106 valence electrons. The van der Waals surface area contributed by atoms with Crippen LogP contribution >= 0.6 is 0 Å². The molecule has 0 unspecified atom stereocenters. The van der Waals surface area contributed by atoms with E-state index < -0.39 is 0 Å². The molecule has 1 heterocycles. The van der Waals surface area contributed by atoms with Gasteiger partial charge in [0.25, 0.3) is 0 Å². The smallest absolute Gasteiger partial charge is 0.146 e. The minimum Gasteiger partial charge on any atom is -0.381 e. The standard InChI is InChI=1S/C14H24N4O/c1-2-6-16-13-9-15-10-14(18-13)17-7-3-8-19-11-12-4-5-12/h9-10,12H,2-8,11H2,1H3,(H2,16,17,18). The van der Waals surface area contributed by atoms with Crippen LogP contribution in [0, 0.1) is 5.92 Å². The van der Waals surface area contributed by atoms with Crippen LogP contribution in [-0.4, -0.2) is 36.3 Å². The van der Waals surface area contributed by atoms with Gasteiger partial charge in [-0.25, -0.2) is 4.98 Å². The highest BCUT2D eigenvalue weighted by Gasteiger charge is 2.20. The fourth-order valence-corrected chi connectivity index (χ4v) is 1.71. The van der Waals surface area contributed by atoms with E-state index in [1.165, 1.54) is 12.8 Å². The van der Waals surface area contributed by atoms with Crippen LogP contribution in [0.2, 0.25) is 0 Å². The van der Waals surface area contributed by atoms with Crippen molar-refractivity contribution in [3.63, 3.8) is 0 Å². The summed E-state index contributed by atoms with van der Waals surface area (Å²) in [7, 11) is 0. The van der Waals surface area contributed by atoms with Gasteiger partial charge >= 0.3 is 0 Å². The molecular formula is C14H24N4O. The minimum atomic E-state index is 0.822. The van der Waals surface area contributed by atoms with Crippen LogP contribution < -0.4 is 10.6 Å². The van der Waals surface area contributed by atoms with Crippen molar-refractivity contribution < 1.29 is 4.74 Å². The van der Waals surface area contributed by atoms with Crippen molar-refractivity contribution in [2.24, 2.45) is 5.92 Å². The Kier molecular flexibility index (Phi) is 5.88. The maximum absolute atomic E-state index is 5.58. The second-order valence-corrected chi connectivity index (χ2v) is 5.01. The summed E-state index contributed by atoms with van der Waals surface area (Å²) in [6.07, 6.45) is 8.29. The number of nitrogens with one attached hydrogen (secondary N) is 2. The van der Waals surface area contributed by atoms with Gasteiger partial charge in [0.15, 0.2) is 0 Å². The zero-order valence-corrected chi connectivity index (χ0v) is 11.7. The van der Waals surface area contributed by atoms with Crippen LogP contribution in [0.25, 0.3) is 0 Å². The maximum Gasteiger partial charge on any atom is 0.146 e. The van der Waals surface area contributed by atoms with E-state index in [2.05, 4.69) is 27.5 Å². The monoisotopic (exact) mass is 264 g/mol.